The van der Waals surface area contributed by atoms with Crippen molar-refractivity contribution in [2.45, 2.75) is 32.4 Å². The number of hydrogen-bond acceptors (Lipinski definition) is 1. The molecule has 2 rings (SSSR count). The molecular weight excluding hydrogens is 309 g/mol. The second-order valence-corrected chi connectivity index (χ2v) is 5.62. The standard InChI is InChI=1S/C15H17BrFNO/c1-2-3-15(19)12-4-5-18(10-12)9-11-6-13(16)8-14(17)7-11/h4-8,10,15,19H,2-3,9H2,1H3. The summed E-state index contributed by atoms with van der Waals surface area (Å²) in [6.45, 7) is 2.64. The molecule has 0 aliphatic rings. The van der Waals surface area contributed by atoms with Crippen LogP contribution in [-0.4, -0.2) is 9.67 Å². The Labute approximate surface area is 121 Å². The lowest BCUT2D eigenvalue weighted by molar-refractivity contribution is 0.166. The Bertz CT molecular complexity index is 533. The summed E-state index contributed by atoms with van der Waals surface area (Å²) in [6, 6.07) is 6.77. The summed E-state index contributed by atoms with van der Waals surface area (Å²) >= 11 is 3.29. The zero-order valence-corrected chi connectivity index (χ0v) is 12.4. The molecule has 0 spiro atoms. The molecule has 4 heteroatoms. The van der Waals surface area contributed by atoms with E-state index in [1.165, 1.54) is 12.1 Å². The molecule has 2 aromatic rings. The molecule has 0 saturated heterocycles. The van der Waals surface area contributed by atoms with Crippen molar-refractivity contribution in [3.8, 4) is 0 Å². The van der Waals surface area contributed by atoms with Gasteiger partial charge in [0.15, 0.2) is 0 Å². The molecule has 0 aliphatic heterocycles. The first-order valence-corrected chi connectivity index (χ1v) is 7.16. The van der Waals surface area contributed by atoms with Crippen LogP contribution in [-0.2, 0) is 6.54 Å². The van der Waals surface area contributed by atoms with Gasteiger partial charge in [-0.2, -0.15) is 0 Å². The molecule has 1 N–H and O–H groups in total. The lowest BCUT2D eigenvalue weighted by Crippen LogP contribution is -1.98. The summed E-state index contributed by atoms with van der Waals surface area (Å²) in [5.41, 5.74) is 1.80. The fourth-order valence-electron chi connectivity index (χ4n) is 2.11. The largest absolute Gasteiger partial charge is 0.388 e. The van der Waals surface area contributed by atoms with Gasteiger partial charge in [0, 0.05) is 23.4 Å². The summed E-state index contributed by atoms with van der Waals surface area (Å²) < 4.78 is 16.0. The van der Waals surface area contributed by atoms with Crippen molar-refractivity contribution in [3.63, 3.8) is 0 Å². The molecule has 0 saturated carbocycles. The van der Waals surface area contributed by atoms with Crippen LogP contribution in [0.3, 0.4) is 0 Å². The van der Waals surface area contributed by atoms with Gasteiger partial charge in [-0.1, -0.05) is 29.3 Å². The van der Waals surface area contributed by atoms with E-state index in [1.807, 2.05) is 36.0 Å². The number of halogens is 2. The van der Waals surface area contributed by atoms with Crippen LogP contribution in [0.5, 0.6) is 0 Å². The Kier molecular flexibility index (Phi) is 4.77. The van der Waals surface area contributed by atoms with Crippen molar-refractivity contribution in [1.29, 1.82) is 0 Å². The number of hydrogen-bond donors (Lipinski definition) is 1. The van der Waals surface area contributed by atoms with E-state index in [0.717, 1.165) is 28.4 Å². The van der Waals surface area contributed by atoms with Crippen LogP contribution in [0.4, 0.5) is 4.39 Å². The van der Waals surface area contributed by atoms with Gasteiger partial charge in [0.25, 0.3) is 0 Å². The lowest BCUT2D eigenvalue weighted by Gasteiger charge is -2.07. The Morgan fingerprint density at radius 1 is 1.37 bits per heavy atom. The fourth-order valence-corrected chi connectivity index (χ4v) is 2.62. The van der Waals surface area contributed by atoms with Gasteiger partial charge in [0.05, 0.1) is 6.10 Å². The van der Waals surface area contributed by atoms with Crippen LogP contribution in [0.2, 0.25) is 0 Å². The lowest BCUT2D eigenvalue weighted by atomic mass is 10.1. The third-order valence-electron chi connectivity index (χ3n) is 3.01. The molecule has 0 amide bonds. The Morgan fingerprint density at radius 2 is 2.16 bits per heavy atom. The van der Waals surface area contributed by atoms with Crippen LogP contribution in [0, 0.1) is 5.82 Å². The van der Waals surface area contributed by atoms with Gasteiger partial charge in [-0.3, -0.25) is 0 Å². The van der Waals surface area contributed by atoms with Crippen LogP contribution >= 0.6 is 15.9 Å². The zero-order valence-electron chi connectivity index (χ0n) is 10.8. The SMILES string of the molecule is CCCC(O)c1ccn(Cc2cc(F)cc(Br)c2)c1. The van der Waals surface area contributed by atoms with E-state index in [0.29, 0.717) is 6.54 Å². The van der Waals surface area contributed by atoms with Crippen LogP contribution in [0.25, 0.3) is 0 Å². The zero-order chi connectivity index (χ0) is 13.8. The molecule has 19 heavy (non-hydrogen) atoms. The summed E-state index contributed by atoms with van der Waals surface area (Å²) in [5.74, 6) is -0.247. The predicted molar refractivity (Wildman–Crippen MR) is 77.5 cm³/mol. The fraction of sp³-hybridized carbons (Fsp3) is 0.333. The van der Waals surface area contributed by atoms with Gasteiger partial charge >= 0.3 is 0 Å². The molecule has 1 aromatic heterocycles. The average Bonchev–Trinajstić information content (AvgIpc) is 2.76. The average molecular weight is 326 g/mol. The van der Waals surface area contributed by atoms with Gasteiger partial charge in [-0.15, -0.1) is 0 Å². The Morgan fingerprint density at radius 3 is 2.84 bits per heavy atom. The van der Waals surface area contributed by atoms with Gasteiger partial charge in [-0.05, 0) is 41.8 Å². The summed E-state index contributed by atoms with van der Waals surface area (Å²) in [6.07, 6.45) is 5.12. The molecule has 1 atom stereocenters. The first-order valence-electron chi connectivity index (χ1n) is 6.37. The maximum absolute atomic E-state index is 13.3. The number of rotatable bonds is 5. The van der Waals surface area contributed by atoms with E-state index in [-0.39, 0.29) is 5.82 Å². The Balaban J connectivity index is 2.11. The second-order valence-electron chi connectivity index (χ2n) is 4.70. The third kappa shape index (κ3) is 3.91. The van der Waals surface area contributed by atoms with Gasteiger partial charge < -0.3 is 9.67 Å². The van der Waals surface area contributed by atoms with Gasteiger partial charge in [-0.25, -0.2) is 4.39 Å². The third-order valence-corrected chi connectivity index (χ3v) is 3.47. The van der Waals surface area contributed by atoms with E-state index in [9.17, 15) is 9.50 Å². The molecule has 0 radical (unpaired) electrons. The summed E-state index contributed by atoms with van der Waals surface area (Å²) in [5, 5.41) is 9.91. The van der Waals surface area contributed by atoms with E-state index in [1.54, 1.807) is 0 Å². The number of aliphatic hydroxyl groups excluding tert-OH is 1. The van der Waals surface area contributed by atoms with Crippen molar-refractivity contribution in [2.75, 3.05) is 0 Å². The minimum atomic E-state index is -0.412. The highest BCUT2D eigenvalue weighted by Gasteiger charge is 2.08. The first-order chi connectivity index (χ1) is 9.08. The molecule has 102 valence electrons. The molecule has 0 aliphatic carbocycles. The van der Waals surface area contributed by atoms with Gasteiger partial charge in [0.1, 0.15) is 5.82 Å². The van der Waals surface area contributed by atoms with E-state index in [2.05, 4.69) is 15.9 Å². The van der Waals surface area contributed by atoms with E-state index in [4.69, 9.17) is 0 Å². The minimum Gasteiger partial charge on any atom is -0.388 e. The van der Waals surface area contributed by atoms with Crippen molar-refractivity contribution in [1.82, 2.24) is 4.57 Å². The second kappa shape index (κ2) is 6.35. The van der Waals surface area contributed by atoms with Crippen molar-refractivity contribution in [3.05, 3.63) is 58.1 Å². The molecule has 2 nitrogen and oxygen atoms in total. The quantitative estimate of drug-likeness (QED) is 0.872. The molecule has 1 heterocycles. The van der Waals surface area contributed by atoms with Crippen molar-refractivity contribution >= 4 is 15.9 Å². The van der Waals surface area contributed by atoms with Crippen molar-refractivity contribution in [2.24, 2.45) is 0 Å². The predicted octanol–water partition coefficient (Wildman–Crippen LogP) is 4.27. The highest BCUT2D eigenvalue weighted by molar-refractivity contribution is 9.10. The molecule has 1 aromatic carbocycles. The molecule has 0 fully saturated rings. The van der Waals surface area contributed by atoms with Crippen LogP contribution in [0.15, 0.2) is 41.1 Å². The molecule has 0 bridgehead atoms. The first kappa shape index (κ1) is 14.3. The van der Waals surface area contributed by atoms with Gasteiger partial charge in [0.2, 0.25) is 0 Å². The summed E-state index contributed by atoms with van der Waals surface area (Å²) in [4.78, 5) is 0. The highest BCUT2D eigenvalue weighted by Crippen LogP contribution is 2.20. The highest BCUT2D eigenvalue weighted by atomic mass is 79.9. The topological polar surface area (TPSA) is 25.2 Å². The maximum atomic E-state index is 13.3. The number of aromatic nitrogens is 1. The number of benzene rings is 1. The monoisotopic (exact) mass is 325 g/mol. The van der Waals surface area contributed by atoms with E-state index < -0.39 is 6.10 Å². The molecule has 1 unspecified atom stereocenters. The maximum Gasteiger partial charge on any atom is 0.124 e. The minimum absolute atomic E-state index is 0.247. The normalized spacial score (nSPS) is 12.6. The number of aliphatic hydroxyl groups is 1. The van der Waals surface area contributed by atoms with Crippen molar-refractivity contribution < 1.29 is 9.50 Å². The van der Waals surface area contributed by atoms with Crippen LogP contribution in [0.1, 0.15) is 37.0 Å². The Hall–Kier alpha value is -1.13. The summed E-state index contributed by atoms with van der Waals surface area (Å²) in [7, 11) is 0. The molecular formula is C15H17BrFNO. The van der Waals surface area contributed by atoms with Crippen LogP contribution < -0.4 is 0 Å². The number of nitrogens with zero attached hydrogens (tertiary/aromatic N) is 1. The smallest absolute Gasteiger partial charge is 0.124 e. The van der Waals surface area contributed by atoms with E-state index >= 15 is 0 Å².